The van der Waals surface area contributed by atoms with Gasteiger partial charge in [-0.25, -0.2) is 13.2 Å². The fourth-order valence-electron chi connectivity index (χ4n) is 3.19. The van der Waals surface area contributed by atoms with Crippen molar-refractivity contribution in [3.05, 3.63) is 64.2 Å². The van der Waals surface area contributed by atoms with Crippen LogP contribution in [0.25, 0.3) is 11.0 Å². The van der Waals surface area contributed by atoms with E-state index in [1.54, 1.807) is 6.07 Å². The molecule has 3 rings (SSSR count). The van der Waals surface area contributed by atoms with Crippen molar-refractivity contribution in [3.63, 3.8) is 0 Å². The van der Waals surface area contributed by atoms with Crippen molar-refractivity contribution < 1.29 is 31.9 Å². The van der Waals surface area contributed by atoms with Gasteiger partial charge in [0.25, 0.3) is 6.43 Å². The molecule has 0 radical (unpaired) electrons. The third-order valence-corrected chi connectivity index (χ3v) is 4.95. The van der Waals surface area contributed by atoms with Crippen LogP contribution in [0.3, 0.4) is 0 Å². The number of rotatable bonds is 7. The van der Waals surface area contributed by atoms with Crippen LogP contribution >= 0.6 is 0 Å². The highest BCUT2D eigenvalue weighted by atomic mass is 19.3. The molecule has 2 aromatic carbocycles. The first-order chi connectivity index (χ1) is 13.8. The van der Waals surface area contributed by atoms with Gasteiger partial charge in [0.05, 0.1) is 7.11 Å². The lowest BCUT2D eigenvalue weighted by Gasteiger charge is -2.14. The number of hydrogen-bond donors (Lipinski definition) is 0. The summed E-state index contributed by atoms with van der Waals surface area (Å²) in [5, 5.41) is 0.268. The SMILES string of the molecule is COC(=O)CCc1ccc(OCc2cc(F)cc3cc(C(F)F)oc23)c(C)c1C. The van der Waals surface area contributed by atoms with Crippen molar-refractivity contribution in [2.24, 2.45) is 0 Å². The average Bonchev–Trinajstić information content (AvgIpc) is 3.12. The van der Waals surface area contributed by atoms with Gasteiger partial charge in [-0.15, -0.1) is 0 Å². The molecular weight excluding hydrogens is 385 g/mol. The highest BCUT2D eigenvalue weighted by Crippen LogP contribution is 2.31. The van der Waals surface area contributed by atoms with Gasteiger partial charge in [-0.3, -0.25) is 4.79 Å². The van der Waals surface area contributed by atoms with Gasteiger partial charge in [0.1, 0.15) is 23.8 Å². The average molecular weight is 406 g/mol. The lowest BCUT2D eigenvalue weighted by Crippen LogP contribution is -2.04. The minimum Gasteiger partial charge on any atom is -0.488 e. The first kappa shape index (κ1) is 20.8. The van der Waals surface area contributed by atoms with Gasteiger partial charge < -0.3 is 13.9 Å². The summed E-state index contributed by atoms with van der Waals surface area (Å²) >= 11 is 0. The van der Waals surface area contributed by atoms with Crippen LogP contribution in [0.5, 0.6) is 5.75 Å². The van der Waals surface area contributed by atoms with Crippen LogP contribution in [-0.2, 0) is 22.6 Å². The smallest absolute Gasteiger partial charge is 0.305 e. The molecule has 1 aromatic heterocycles. The summed E-state index contributed by atoms with van der Waals surface area (Å²) in [5.74, 6) is -0.751. The summed E-state index contributed by atoms with van der Waals surface area (Å²) in [5.41, 5.74) is 3.40. The Morgan fingerprint density at radius 2 is 1.86 bits per heavy atom. The van der Waals surface area contributed by atoms with Crippen LogP contribution in [0.1, 0.15) is 40.9 Å². The van der Waals surface area contributed by atoms with Gasteiger partial charge in [-0.2, -0.15) is 0 Å². The van der Waals surface area contributed by atoms with Gasteiger partial charge >= 0.3 is 5.97 Å². The molecule has 0 aliphatic heterocycles. The summed E-state index contributed by atoms with van der Waals surface area (Å²) in [7, 11) is 1.35. The topological polar surface area (TPSA) is 48.7 Å². The highest BCUT2D eigenvalue weighted by molar-refractivity contribution is 5.81. The Hall–Kier alpha value is -2.96. The zero-order valence-corrected chi connectivity index (χ0v) is 16.4. The van der Waals surface area contributed by atoms with E-state index in [0.717, 1.165) is 28.8 Å². The van der Waals surface area contributed by atoms with Crippen molar-refractivity contribution in [1.82, 2.24) is 0 Å². The first-order valence-corrected chi connectivity index (χ1v) is 9.09. The second kappa shape index (κ2) is 8.59. The fraction of sp³-hybridized carbons (Fsp3) is 0.318. The largest absolute Gasteiger partial charge is 0.488 e. The number of carbonyl (C=O) groups is 1. The Morgan fingerprint density at radius 1 is 1.10 bits per heavy atom. The van der Waals surface area contributed by atoms with Crippen LogP contribution in [0.4, 0.5) is 13.2 Å². The molecule has 4 nitrogen and oxygen atoms in total. The first-order valence-electron chi connectivity index (χ1n) is 9.09. The third kappa shape index (κ3) is 4.55. The molecule has 154 valence electrons. The van der Waals surface area contributed by atoms with E-state index in [1.807, 2.05) is 19.9 Å². The van der Waals surface area contributed by atoms with Crippen LogP contribution in [0, 0.1) is 19.7 Å². The molecule has 0 N–H and O–H groups in total. The Morgan fingerprint density at radius 3 is 2.55 bits per heavy atom. The van der Waals surface area contributed by atoms with E-state index in [1.165, 1.54) is 13.2 Å². The fourth-order valence-corrected chi connectivity index (χ4v) is 3.19. The molecule has 0 bridgehead atoms. The number of esters is 1. The van der Waals surface area contributed by atoms with Crippen LogP contribution < -0.4 is 4.74 Å². The Balaban J connectivity index is 1.81. The monoisotopic (exact) mass is 406 g/mol. The quantitative estimate of drug-likeness (QED) is 0.465. The Bertz CT molecular complexity index is 1040. The minimum atomic E-state index is -2.78. The number of fused-ring (bicyclic) bond motifs is 1. The predicted octanol–water partition coefficient (Wildman–Crippen LogP) is 5.81. The Kier molecular flexibility index (Phi) is 6.15. The number of halogens is 3. The molecule has 0 atom stereocenters. The molecule has 0 unspecified atom stereocenters. The molecule has 0 amide bonds. The maximum absolute atomic E-state index is 13.9. The number of carbonyl (C=O) groups excluding carboxylic acids is 1. The molecule has 1 heterocycles. The normalized spacial score (nSPS) is 11.3. The molecule has 0 aliphatic rings. The van der Waals surface area contributed by atoms with Gasteiger partial charge in [-0.05, 0) is 61.2 Å². The van der Waals surface area contributed by atoms with Crippen molar-refractivity contribution in [3.8, 4) is 5.75 Å². The number of methoxy groups -OCH3 is 1. The summed E-state index contributed by atoms with van der Waals surface area (Å²) in [6.45, 7) is 3.78. The van der Waals surface area contributed by atoms with E-state index in [2.05, 4.69) is 4.74 Å². The van der Waals surface area contributed by atoms with Gasteiger partial charge in [0.15, 0.2) is 5.76 Å². The molecule has 29 heavy (non-hydrogen) atoms. The number of hydrogen-bond acceptors (Lipinski definition) is 4. The van der Waals surface area contributed by atoms with Crippen LogP contribution in [-0.4, -0.2) is 13.1 Å². The van der Waals surface area contributed by atoms with E-state index in [4.69, 9.17) is 9.15 Å². The molecule has 0 saturated carbocycles. The van der Waals surface area contributed by atoms with E-state index >= 15 is 0 Å². The van der Waals surface area contributed by atoms with Crippen LogP contribution in [0.2, 0.25) is 0 Å². The molecular formula is C22H21F3O4. The number of ether oxygens (including phenoxy) is 2. The zero-order valence-electron chi connectivity index (χ0n) is 16.4. The van der Waals surface area contributed by atoms with Crippen LogP contribution in [0.15, 0.2) is 34.7 Å². The standard InChI is InChI=1S/C22H21F3O4/c1-12-13(2)18(6-4-14(12)5-7-20(26)27-3)28-11-16-9-17(23)8-15-10-19(22(24)25)29-21(15)16/h4,6,8-10,22H,5,7,11H2,1-3H3. The highest BCUT2D eigenvalue weighted by Gasteiger charge is 2.17. The number of aryl methyl sites for hydroxylation is 1. The molecule has 7 heteroatoms. The minimum absolute atomic E-state index is 0.0355. The second-order valence-corrected chi connectivity index (χ2v) is 6.77. The molecule has 0 spiro atoms. The summed E-state index contributed by atoms with van der Waals surface area (Å²) in [6.07, 6.45) is -1.95. The van der Waals surface area contributed by atoms with E-state index in [-0.39, 0.29) is 30.0 Å². The lowest BCUT2D eigenvalue weighted by atomic mass is 9.99. The second-order valence-electron chi connectivity index (χ2n) is 6.77. The molecule has 0 aliphatic carbocycles. The third-order valence-electron chi connectivity index (χ3n) is 4.95. The van der Waals surface area contributed by atoms with Crippen molar-refractivity contribution in [2.75, 3.05) is 7.11 Å². The summed E-state index contributed by atoms with van der Waals surface area (Å²) in [6, 6.07) is 7.15. The van der Waals surface area contributed by atoms with Gasteiger partial charge in [0.2, 0.25) is 0 Å². The van der Waals surface area contributed by atoms with E-state index in [0.29, 0.717) is 17.7 Å². The van der Waals surface area contributed by atoms with E-state index < -0.39 is 18.0 Å². The number of furan rings is 1. The Labute approximate surface area is 166 Å². The van der Waals surface area contributed by atoms with Gasteiger partial charge in [0, 0.05) is 17.4 Å². The summed E-state index contributed by atoms with van der Waals surface area (Å²) < 4.78 is 55.4. The maximum atomic E-state index is 13.9. The zero-order chi connectivity index (χ0) is 21.1. The number of benzene rings is 2. The van der Waals surface area contributed by atoms with Crippen molar-refractivity contribution in [1.29, 1.82) is 0 Å². The van der Waals surface area contributed by atoms with Crippen molar-refractivity contribution in [2.45, 2.75) is 39.7 Å². The number of alkyl halides is 2. The van der Waals surface area contributed by atoms with E-state index in [9.17, 15) is 18.0 Å². The summed E-state index contributed by atoms with van der Waals surface area (Å²) in [4.78, 5) is 11.4. The molecule has 0 fully saturated rings. The molecule has 0 saturated heterocycles. The lowest BCUT2D eigenvalue weighted by molar-refractivity contribution is -0.140. The van der Waals surface area contributed by atoms with Gasteiger partial charge in [-0.1, -0.05) is 6.07 Å². The maximum Gasteiger partial charge on any atom is 0.305 e. The molecule has 3 aromatic rings. The predicted molar refractivity (Wildman–Crippen MR) is 102 cm³/mol. The van der Waals surface area contributed by atoms with Crippen molar-refractivity contribution >= 4 is 16.9 Å².